The Morgan fingerprint density at radius 2 is 1.91 bits per heavy atom. The lowest BCUT2D eigenvalue weighted by molar-refractivity contribution is 0.151. The van der Waals surface area contributed by atoms with E-state index in [1.54, 1.807) is 17.3 Å². The Kier molecular flexibility index (Phi) is 4.48. The second kappa shape index (κ2) is 6.39. The Labute approximate surface area is 137 Å². The molecule has 0 aliphatic carbocycles. The Morgan fingerprint density at radius 1 is 1.17 bits per heavy atom. The number of hydrogen-bond donors (Lipinski definition) is 0. The Balaban J connectivity index is 1.62. The fraction of sp³-hybridized carbons (Fsp3) is 0.750. The maximum Gasteiger partial charge on any atom is 0.154 e. The summed E-state index contributed by atoms with van der Waals surface area (Å²) in [4.78, 5) is 6.54. The van der Waals surface area contributed by atoms with Gasteiger partial charge >= 0.3 is 0 Å². The van der Waals surface area contributed by atoms with Crippen molar-refractivity contribution in [2.24, 2.45) is 12.5 Å². The predicted molar refractivity (Wildman–Crippen MR) is 88.0 cm³/mol. The number of hydrogen-bond acceptors (Lipinski definition) is 5. The normalized spacial score (nSPS) is 17.7. The number of nitrogens with zero attached hydrogens (tertiary/aromatic N) is 7. The van der Waals surface area contributed by atoms with Crippen molar-refractivity contribution < 1.29 is 0 Å². The molecule has 7 heteroatoms. The zero-order valence-corrected chi connectivity index (χ0v) is 14.6. The molecule has 0 amide bonds. The van der Waals surface area contributed by atoms with Gasteiger partial charge in [-0.05, 0) is 31.3 Å². The van der Waals surface area contributed by atoms with Crippen LogP contribution in [0.15, 0.2) is 12.7 Å². The molecule has 2 aromatic rings. The van der Waals surface area contributed by atoms with E-state index in [1.807, 2.05) is 0 Å². The van der Waals surface area contributed by atoms with Crippen LogP contribution in [-0.2, 0) is 13.6 Å². The van der Waals surface area contributed by atoms with Gasteiger partial charge in [0.05, 0.1) is 0 Å². The van der Waals surface area contributed by atoms with Crippen LogP contribution in [0.5, 0.6) is 0 Å². The van der Waals surface area contributed by atoms with E-state index in [9.17, 15) is 0 Å². The third-order valence-corrected chi connectivity index (χ3v) is 4.42. The van der Waals surface area contributed by atoms with E-state index >= 15 is 0 Å². The molecule has 1 aliphatic rings. The molecule has 7 nitrogen and oxygen atoms in total. The van der Waals surface area contributed by atoms with Crippen LogP contribution in [0.4, 0.5) is 0 Å². The summed E-state index contributed by atoms with van der Waals surface area (Å²) in [5, 5.41) is 12.9. The van der Waals surface area contributed by atoms with Crippen LogP contribution in [-0.4, -0.2) is 54.1 Å². The van der Waals surface area contributed by atoms with Crippen molar-refractivity contribution >= 4 is 0 Å². The van der Waals surface area contributed by atoms with Gasteiger partial charge in [0.25, 0.3) is 0 Å². The minimum absolute atomic E-state index is 0.364. The van der Waals surface area contributed by atoms with Gasteiger partial charge in [-0.2, -0.15) is 5.10 Å². The molecule has 1 fully saturated rings. The molecule has 2 aromatic heterocycles. The van der Waals surface area contributed by atoms with Gasteiger partial charge in [0, 0.05) is 19.5 Å². The van der Waals surface area contributed by atoms with Gasteiger partial charge in [-0.3, -0.25) is 0 Å². The SMILES string of the molecule is Cn1c(Cn2cncn2)nnc1C1CCN(CC(C)(C)C)CC1. The summed E-state index contributed by atoms with van der Waals surface area (Å²) in [6.07, 6.45) is 5.57. The second-order valence-electron chi connectivity index (χ2n) is 7.74. The first-order chi connectivity index (χ1) is 10.9. The molecule has 23 heavy (non-hydrogen) atoms. The fourth-order valence-electron chi connectivity index (χ4n) is 3.35. The zero-order chi connectivity index (χ0) is 16.4. The summed E-state index contributed by atoms with van der Waals surface area (Å²) in [6.45, 7) is 11.0. The van der Waals surface area contributed by atoms with Gasteiger partial charge in [-0.15, -0.1) is 10.2 Å². The van der Waals surface area contributed by atoms with Gasteiger partial charge in [-0.25, -0.2) is 9.67 Å². The highest BCUT2D eigenvalue weighted by atomic mass is 15.4. The lowest BCUT2D eigenvalue weighted by atomic mass is 9.91. The van der Waals surface area contributed by atoms with Crippen molar-refractivity contribution in [3.63, 3.8) is 0 Å². The monoisotopic (exact) mass is 317 g/mol. The lowest BCUT2D eigenvalue weighted by Crippen LogP contribution is -2.38. The van der Waals surface area contributed by atoms with Gasteiger partial charge in [-0.1, -0.05) is 20.8 Å². The van der Waals surface area contributed by atoms with Crippen molar-refractivity contribution in [1.29, 1.82) is 0 Å². The molecule has 1 saturated heterocycles. The Hall–Kier alpha value is -1.76. The summed E-state index contributed by atoms with van der Waals surface area (Å²) < 4.78 is 3.91. The van der Waals surface area contributed by atoms with Crippen LogP contribution >= 0.6 is 0 Å². The highest BCUT2D eigenvalue weighted by Crippen LogP contribution is 2.28. The summed E-state index contributed by atoms with van der Waals surface area (Å²) >= 11 is 0. The quantitative estimate of drug-likeness (QED) is 0.858. The third kappa shape index (κ3) is 3.96. The van der Waals surface area contributed by atoms with Crippen LogP contribution in [0.3, 0.4) is 0 Å². The minimum Gasteiger partial charge on any atom is -0.316 e. The molecule has 0 aromatic carbocycles. The van der Waals surface area contributed by atoms with Crippen molar-refractivity contribution in [3.05, 3.63) is 24.3 Å². The van der Waals surface area contributed by atoms with E-state index in [-0.39, 0.29) is 0 Å². The van der Waals surface area contributed by atoms with Crippen LogP contribution in [0.2, 0.25) is 0 Å². The van der Waals surface area contributed by atoms with Crippen LogP contribution in [0.25, 0.3) is 0 Å². The minimum atomic E-state index is 0.364. The molecule has 0 saturated carbocycles. The summed E-state index contributed by atoms with van der Waals surface area (Å²) in [5.41, 5.74) is 0.364. The standard InChI is InChI=1S/C16H27N7/c1-16(2,3)10-22-7-5-13(6-8-22)15-20-19-14(21(15)4)9-23-12-17-11-18-23/h11-13H,5-10H2,1-4H3. The first kappa shape index (κ1) is 16.1. The van der Waals surface area contributed by atoms with Crippen LogP contribution in [0, 0.1) is 5.41 Å². The molecule has 0 atom stereocenters. The Bertz CT molecular complexity index is 615. The van der Waals surface area contributed by atoms with E-state index in [0.717, 1.165) is 44.1 Å². The molecule has 3 heterocycles. The van der Waals surface area contributed by atoms with Crippen molar-refractivity contribution in [2.75, 3.05) is 19.6 Å². The van der Waals surface area contributed by atoms with Crippen molar-refractivity contribution in [1.82, 2.24) is 34.4 Å². The van der Waals surface area contributed by atoms with Crippen molar-refractivity contribution in [2.45, 2.75) is 46.1 Å². The zero-order valence-electron chi connectivity index (χ0n) is 14.6. The van der Waals surface area contributed by atoms with E-state index in [4.69, 9.17) is 0 Å². The number of likely N-dealkylation sites (tertiary alicyclic amines) is 1. The van der Waals surface area contributed by atoms with Gasteiger partial charge in [0.2, 0.25) is 0 Å². The molecular formula is C16H27N7. The maximum atomic E-state index is 4.45. The summed E-state index contributed by atoms with van der Waals surface area (Å²) in [6, 6.07) is 0. The lowest BCUT2D eigenvalue weighted by Gasteiger charge is -2.35. The summed E-state index contributed by atoms with van der Waals surface area (Å²) in [7, 11) is 2.06. The van der Waals surface area contributed by atoms with Crippen molar-refractivity contribution in [3.8, 4) is 0 Å². The Morgan fingerprint density at radius 3 is 2.52 bits per heavy atom. The van der Waals surface area contributed by atoms with Crippen LogP contribution < -0.4 is 0 Å². The first-order valence-corrected chi connectivity index (χ1v) is 8.35. The third-order valence-electron chi connectivity index (χ3n) is 4.42. The molecule has 126 valence electrons. The average Bonchev–Trinajstić information content (AvgIpc) is 3.10. The van der Waals surface area contributed by atoms with Gasteiger partial charge in [0.1, 0.15) is 25.0 Å². The molecule has 0 unspecified atom stereocenters. The van der Waals surface area contributed by atoms with Crippen LogP contribution in [0.1, 0.15) is 51.2 Å². The van der Waals surface area contributed by atoms with E-state index in [2.05, 4.69) is 57.6 Å². The maximum absolute atomic E-state index is 4.45. The largest absolute Gasteiger partial charge is 0.316 e. The van der Waals surface area contributed by atoms with Gasteiger partial charge in [0.15, 0.2) is 5.82 Å². The highest BCUT2D eigenvalue weighted by molar-refractivity contribution is 5.03. The number of rotatable bonds is 4. The summed E-state index contributed by atoms with van der Waals surface area (Å²) in [5.74, 6) is 2.55. The smallest absolute Gasteiger partial charge is 0.154 e. The molecule has 1 aliphatic heterocycles. The van der Waals surface area contributed by atoms with E-state index in [1.165, 1.54) is 0 Å². The van der Waals surface area contributed by atoms with E-state index < -0.39 is 0 Å². The van der Waals surface area contributed by atoms with Gasteiger partial charge < -0.3 is 9.47 Å². The highest BCUT2D eigenvalue weighted by Gasteiger charge is 2.27. The molecule has 0 N–H and O–H groups in total. The average molecular weight is 317 g/mol. The molecule has 3 rings (SSSR count). The molecule has 0 radical (unpaired) electrons. The predicted octanol–water partition coefficient (Wildman–Crippen LogP) is 1.68. The molecule has 0 bridgehead atoms. The molecular weight excluding hydrogens is 290 g/mol. The molecule has 0 spiro atoms. The second-order valence-corrected chi connectivity index (χ2v) is 7.74. The first-order valence-electron chi connectivity index (χ1n) is 8.35. The fourth-order valence-corrected chi connectivity index (χ4v) is 3.35. The number of piperidine rings is 1. The topological polar surface area (TPSA) is 64.7 Å². The van der Waals surface area contributed by atoms with E-state index in [0.29, 0.717) is 17.9 Å². The number of aromatic nitrogens is 6.